The second-order valence-corrected chi connectivity index (χ2v) is 5.45. The monoisotopic (exact) mass is 311 g/mol. The van der Waals surface area contributed by atoms with Crippen molar-refractivity contribution >= 4 is 23.2 Å². The molecule has 2 aromatic rings. The van der Waals surface area contributed by atoms with Gasteiger partial charge >= 0.3 is 0 Å². The Labute approximate surface area is 128 Å². The summed E-state index contributed by atoms with van der Waals surface area (Å²) in [4.78, 5) is 8.15. The van der Waals surface area contributed by atoms with Crippen molar-refractivity contribution in [2.24, 2.45) is 0 Å². The number of nitrogens with zero attached hydrogens (tertiary/aromatic N) is 2. The first kappa shape index (κ1) is 15.0. The van der Waals surface area contributed by atoms with Crippen molar-refractivity contribution in [2.45, 2.75) is 26.4 Å². The highest BCUT2D eigenvalue weighted by Crippen LogP contribution is 2.28. The molecule has 106 valence electrons. The molecule has 0 radical (unpaired) electrons. The molecule has 0 aromatic carbocycles. The minimum absolute atomic E-state index is 0.337. The van der Waals surface area contributed by atoms with Gasteiger partial charge in [0.05, 0.1) is 11.2 Å². The van der Waals surface area contributed by atoms with Gasteiger partial charge in [-0.25, -0.2) is 4.98 Å². The van der Waals surface area contributed by atoms with Crippen molar-refractivity contribution in [3.63, 3.8) is 0 Å². The van der Waals surface area contributed by atoms with Crippen LogP contribution >= 0.6 is 23.2 Å². The molecule has 0 aliphatic carbocycles. The highest BCUT2D eigenvalue weighted by molar-refractivity contribution is 6.32. The van der Waals surface area contributed by atoms with Gasteiger partial charge in [-0.2, -0.15) is 0 Å². The zero-order valence-electron chi connectivity index (χ0n) is 11.2. The number of hydrogen-bond acceptors (Lipinski definition) is 4. The highest BCUT2D eigenvalue weighted by Gasteiger charge is 2.07. The Bertz CT molecular complexity index is 590. The maximum Gasteiger partial charge on any atom is 0.238 e. The molecule has 0 fully saturated rings. The summed E-state index contributed by atoms with van der Waals surface area (Å²) < 4.78 is 5.56. The Balaban J connectivity index is 2.09. The molecule has 2 rings (SSSR count). The number of pyridine rings is 2. The molecule has 6 heteroatoms. The van der Waals surface area contributed by atoms with Gasteiger partial charge in [0.25, 0.3) is 0 Å². The van der Waals surface area contributed by atoms with Gasteiger partial charge in [-0.3, -0.25) is 4.98 Å². The van der Waals surface area contributed by atoms with Gasteiger partial charge in [0.2, 0.25) is 5.88 Å². The minimum atomic E-state index is 0.337. The maximum absolute atomic E-state index is 6.17. The number of hydrogen-bond donors (Lipinski definition) is 1. The number of aromatic nitrogens is 2. The van der Waals surface area contributed by atoms with Crippen LogP contribution in [0, 0.1) is 0 Å². The highest BCUT2D eigenvalue weighted by atomic mass is 35.5. The topological polar surface area (TPSA) is 47.0 Å². The largest absolute Gasteiger partial charge is 0.436 e. The predicted octanol–water partition coefficient (Wildman–Crippen LogP) is 4.07. The van der Waals surface area contributed by atoms with E-state index in [4.69, 9.17) is 27.9 Å². The summed E-state index contributed by atoms with van der Waals surface area (Å²) in [5.74, 6) is 0.837. The van der Waals surface area contributed by atoms with E-state index in [2.05, 4.69) is 29.1 Å². The molecule has 0 unspecified atom stereocenters. The van der Waals surface area contributed by atoms with Crippen molar-refractivity contribution in [1.29, 1.82) is 0 Å². The van der Waals surface area contributed by atoms with Crippen molar-refractivity contribution in [3.05, 3.63) is 46.3 Å². The Hall–Kier alpha value is -1.36. The summed E-state index contributed by atoms with van der Waals surface area (Å²) in [6.45, 7) is 4.88. The normalized spacial score (nSPS) is 10.8. The molecule has 0 aliphatic heterocycles. The first-order valence-electron chi connectivity index (χ1n) is 6.21. The fourth-order valence-corrected chi connectivity index (χ4v) is 1.91. The van der Waals surface area contributed by atoms with Crippen LogP contribution in [0.15, 0.2) is 30.7 Å². The van der Waals surface area contributed by atoms with E-state index in [0.29, 0.717) is 34.3 Å². The molecule has 20 heavy (non-hydrogen) atoms. The lowest BCUT2D eigenvalue weighted by Gasteiger charge is -2.10. The quantitative estimate of drug-likeness (QED) is 0.904. The fourth-order valence-electron chi connectivity index (χ4n) is 1.52. The number of nitrogens with one attached hydrogen (secondary N) is 1. The third kappa shape index (κ3) is 4.34. The summed E-state index contributed by atoms with van der Waals surface area (Å²) in [5.41, 5.74) is 1.00. The van der Waals surface area contributed by atoms with Crippen LogP contribution in [0.3, 0.4) is 0 Å². The third-order valence-corrected chi connectivity index (χ3v) is 2.95. The van der Waals surface area contributed by atoms with Crippen LogP contribution < -0.4 is 10.1 Å². The smallest absolute Gasteiger partial charge is 0.238 e. The standard InChI is InChI=1S/C14H15Cl2N3O/c1-9(2)18-5-10-3-13(16)14(19-6-10)20-12-4-11(15)7-17-8-12/h3-4,6-9,18H,5H2,1-2H3. The van der Waals surface area contributed by atoms with Crippen LogP contribution in [-0.2, 0) is 6.54 Å². The number of ether oxygens (including phenoxy) is 1. The van der Waals surface area contributed by atoms with Gasteiger partial charge < -0.3 is 10.1 Å². The average Bonchev–Trinajstić information content (AvgIpc) is 2.39. The molecule has 0 saturated carbocycles. The molecule has 0 atom stereocenters. The second-order valence-electron chi connectivity index (χ2n) is 4.61. The summed E-state index contributed by atoms with van der Waals surface area (Å²) in [6.07, 6.45) is 4.82. The summed E-state index contributed by atoms with van der Waals surface area (Å²) in [5, 5.41) is 4.25. The average molecular weight is 312 g/mol. The summed E-state index contributed by atoms with van der Waals surface area (Å²) >= 11 is 12.0. The second kappa shape index (κ2) is 6.88. The Morgan fingerprint density at radius 3 is 2.65 bits per heavy atom. The van der Waals surface area contributed by atoms with Crippen LogP contribution in [0.4, 0.5) is 0 Å². The third-order valence-electron chi connectivity index (χ3n) is 2.47. The van der Waals surface area contributed by atoms with Gasteiger partial charge in [0.1, 0.15) is 10.8 Å². The molecular formula is C14H15Cl2N3O. The van der Waals surface area contributed by atoms with E-state index in [-0.39, 0.29) is 0 Å². The first-order valence-corrected chi connectivity index (χ1v) is 6.96. The lowest BCUT2D eigenvalue weighted by Crippen LogP contribution is -2.21. The Kier molecular flexibility index (Phi) is 5.17. The van der Waals surface area contributed by atoms with E-state index in [1.54, 1.807) is 18.5 Å². The van der Waals surface area contributed by atoms with Crippen LogP contribution in [0.25, 0.3) is 0 Å². The molecule has 0 saturated heterocycles. The van der Waals surface area contributed by atoms with E-state index in [1.807, 2.05) is 6.07 Å². The zero-order chi connectivity index (χ0) is 14.5. The molecule has 4 nitrogen and oxygen atoms in total. The number of rotatable bonds is 5. The van der Waals surface area contributed by atoms with Gasteiger partial charge in [-0.05, 0) is 11.6 Å². The van der Waals surface area contributed by atoms with Gasteiger partial charge in [0.15, 0.2) is 0 Å². The maximum atomic E-state index is 6.17. The van der Waals surface area contributed by atoms with Crippen molar-refractivity contribution in [1.82, 2.24) is 15.3 Å². The first-order chi connectivity index (χ1) is 9.54. The summed E-state index contributed by atoms with van der Waals surface area (Å²) in [7, 11) is 0. The zero-order valence-corrected chi connectivity index (χ0v) is 12.7. The van der Waals surface area contributed by atoms with Gasteiger partial charge in [0, 0.05) is 31.0 Å². The molecule has 1 N–H and O–H groups in total. The van der Waals surface area contributed by atoms with E-state index in [1.165, 1.54) is 6.20 Å². The van der Waals surface area contributed by atoms with Gasteiger partial charge in [-0.15, -0.1) is 0 Å². The Morgan fingerprint density at radius 1 is 1.20 bits per heavy atom. The van der Waals surface area contributed by atoms with Crippen LogP contribution in [0.2, 0.25) is 10.0 Å². The fraction of sp³-hybridized carbons (Fsp3) is 0.286. The molecule has 0 aliphatic rings. The van der Waals surface area contributed by atoms with E-state index in [0.717, 1.165) is 5.56 Å². The number of halogens is 2. The SMILES string of the molecule is CC(C)NCc1cnc(Oc2cncc(Cl)c2)c(Cl)c1. The van der Waals surface area contributed by atoms with Crippen molar-refractivity contribution in [2.75, 3.05) is 0 Å². The van der Waals surface area contributed by atoms with E-state index < -0.39 is 0 Å². The lowest BCUT2D eigenvalue weighted by atomic mass is 10.2. The molecule has 0 amide bonds. The minimum Gasteiger partial charge on any atom is -0.436 e. The van der Waals surface area contributed by atoms with Crippen LogP contribution in [0.1, 0.15) is 19.4 Å². The van der Waals surface area contributed by atoms with Crippen LogP contribution in [0.5, 0.6) is 11.6 Å². The molecular weight excluding hydrogens is 297 g/mol. The molecule has 2 aromatic heterocycles. The predicted molar refractivity (Wildman–Crippen MR) is 80.5 cm³/mol. The van der Waals surface area contributed by atoms with Crippen LogP contribution in [-0.4, -0.2) is 16.0 Å². The molecule has 0 bridgehead atoms. The lowest BCUT2D eigenvalue weighted by molar-refractivity contribution is 0.460. The molecule has 2 heterocycles. The Morgan fingerprint density at radius 2 is 2.00 bits per heavy atom. The van der Waals surface area contributed by atoms with E-state index >= 15 is 0 Å². The van der Waals surface area contributed by atoms with Gasteiger partial charge in [-0.1, -0.05) is 37.0 Å². The molecule has 0 spiro atoms. The van der Waals surface area contributed by atoms with E-state index in [9.17, 15) is 0 Å². The summed E-state index contributed by atoms with van der Waals surface area (Å²) in [6, 6.07) is 3.89. The van der Waals surface area contributed by atoms with Crippen molar-refractivity contribution in [3.8, 4) is 11.6 Å². The van der Waals surface area contributed by atoms with Crippen molar-refractivity contribution < 1.29 is 4.74 Å².